The molecule has 0 aliphatic carbocycles. The van der Waals surface area contributed by atoms with Crippen LogP contribution in [0.1, 0.15) is 18.9 Å². The van der Waals surface area contributed by atoms with Crippen molar-refractivity contribution < 1.29 is 24.4 Å². The van der Waals surface area contributed by atoms with Crippen LogP contribution in [0.5, 0.6) is 0 Å². The summed E-state index contributed by atoms with van der Waals surface area (Å²) in [5.74, 6) is -1.44. The molecule has 0 spiro atoms. The molecule has 4 rings (SSSR count). The van der Waals surface area contributed by atoms with Crippen LogP contribution in [-0.4, -0.2) is 49.0 Å². The Bertz CT molecular complexity index is 1090. The Balaban J connectivity index is 1.46. The summed E-state index contributed by atoms with van der Waals surface area (Å²) < 4.78 is 5.45. The number of aliphatic hydroxyl groups is 1. The molecule has 2 aliphatic rings. The number of aliphatic hydroxyl groups excluding tert-OH is 1. The monoisotopic (exact) mass is 487 g/mol. The Hall–Kier alpha value is -2.89. The van der Waals surface area contributed by atoms with Crippen LogP contribution in [0.3, 0.4) is 0 Å². The molecular formula is C22H21N3O6S2. The maximum Gasteiger partial charge on any atom is 0.356 e. The highest BCUT2D eigenvalue weighted by molar-refractivity contribution is 8.17. The van der Waals surface area contributed by atoms with Gasteiger partial charge in [0, 0.05) is 45.8 Å². The molecule has 3 heterocycles. The second-order valence-corrected chi connectivity index (χ2v) is 10.1. The van der Waals surface area contributed by atoms with E-state index in [-0.39, 0.29) is 29.9 Å². The molecule has 3 atom stereocenters. The molecular weight excluding hydrogens is 466 g/mol. The van der Waals surface area contributed by atoms with E-state index in [4.69, 9.17) is 4.74 Å². The van der Waals surface area contributed by atoms with Crippen LogP contribution in [0.15, 0.2) is 64.3 Å². The summed E-state index contributed by atoms with van der Waals surface area (Å²) in [5, 5.41) is 21.4. The van der Waals surface area contributed by atoms with Gasteiger partial charge in [0.2, 0.25) is 5.91 Å². The summed E-state index contributed by atoms with van der Waals surface area (Å²) in [4.78, 5) is 43.2. The molecule has 1 amide bonds. The molecule has 1 saturated heterocycles. The van der Waals surface area contributed by atoms with Crippen molar-refractivity contribution in [2.24, 2.45) is 5.92 Å². The molecule has 1 N–H and O–H groups in total. The third kappa shape index (κ3) is 4.90. The van der Waals surface area contributed by atoms with Gasteiger partial charge in [0.05, 0.1) is 23.0 Å². The zero-order valence-electron chi connectivity index (χ0n) is 17.6. The average molecular weight is 488 g/mol. The zero-order chi connectivity index (χ0) is 23.5. The summed E-state index contributed by atoms with van der Waals surface area (Å²) in [6.07, 6.45) is 3.11. The van der Waals surface area contributed by atoms with Crippen molar-refractivity contribution in [3.8, 4) is 0 Å². The van der Waals surface area contributed by atoms with E-state index in [1.54, 1.807) is 31.1 Å². The normalized spacial score (nSPS) is 20.3. The van der Waals surface area contributed by atoms with Crippen molar-refractivity contribution in [3.05, 3.63) is 75.1 Å². The largest absolute Gasteiger partial charge is 0.456 e. The van der Waals surface area contributed by atoms with Crippen LogP contribution < -0.4 is 0 Å². The van der Waals surface area contributed by atoms with Gasteiger partial charge in [0.1, 0.15) is 12.3 Å². The van der Waals surface area contributed by atoms with Crippen LogP contribution in [0.4, 0.5) is 5.69 Å². The number of carbonyl (C=O) groups is 2. The lowest BCUT2D eigenvalue weighted by molar-refractivity contribution is -0.384. The number of β-lactam (4-membered cyclic amide) rings is 1. The Morgan fingerprint density at radius 3 is 2.61 bits per heavy atom. The number of thioether (sulfide) groups is 2. The van der Waals surface area contributed by atoms with Crippen molar-refractivity contribution >= 4 is 41.1 Å². The molecule has 0 saturated carbocycles. The standard InChI is InChI=1S/C22H21N3O6S2/c1-13(26)19-17-10-18(33-12-32-16-6-8-23-9-7-16)20(24(17)21(19)27)22(28)31-11-14-2-4-15(5-3-14)25(29)30/h2-9,13,17,19,26H,10-12H2,1H3/t13-,17-,19-/m1/s1. The van der Waals surface area contributed by atoms with Gasteiger partial charge in [-0.2, -0.15) is 0 Å². The number of nitro groups is 1. The molecule has 0 radical (unpaired) electrons. The highest BCUT2D eigenvalue weighted by Crippen LogP contribution is 2.48. The van der Waals surface area contributed by atoms with Crippen molar-refractivity contribution in [1.82, 2.24) is 9.88 Å². The minimum Gasteiger partial charge on any atom is -0.456 e. The summed E-state index contributed by atoms with van der Waals surface area (Å²) in [6.45, 7) is 1.51. The lowest BCUT2D eigenvalue weighted by Crippen LogP contribution is -2.61. The molecule has 1 aromatic carbocycles. The molecule has 0 bridgehead atoms. The summed E-state index contributed by atoms with van der Waals surface area (Å²) in [6, 6.07) is 9.28. The first-order valence-electron chi connectivity index (χ1n) is 10.2. The number of fused-ring (bicyclic) bond motifs is 1. The molecule has 11 heteroatoms. The Morgan fingerprint density at radius 2 is 1.97 bits per heavy atom. The van der Waals surface area contributed by atoms with Gasteiger partial charge in [0.15, 0.2) is 0 Å². The first-order valence-corrected chi connectivity index (χ1v) is 12.1. The van der Waals surface area contributed by atoms with E-state index in [9.17, 15) is 24.8 Å². The Labute approximate surface area is 198 Å². The molecule has 2 aliphatic heterocycles. The number of amides is 1. The summed E-state index contributed by atoms with van der Waals surface area (Å²) >= 11 is 3.07. The quantitative estimate of drug-likeness (QED) is 0.142. The number of carbonyl (C=O) groups excluding carboxylic acids is 2. The number of pyridine rings is 1. The third-order valence-corrected chi connectivity index (χ3v) is 7.76. The van der Waals surface area contributed by atoms with Crippen LogP contribution >= 0.6 is 23.5 Å². The van der Waals surface area contributed by atoms with Crippen LogP contribution in [0.25, 0.3) is 0 Å². The number of benzene rings is 1. The number of ether oxygens (including phenoxy) is 1. The van der Waals surface area contributed by atoms with Crippen molar-refractivity contribution in [2.45, 2.75) is 37.0 Å². The lowest BCUT2D eigenvalue weighted by Gasteiger charge is -2.44. The fraction of sp³-hybridized carbons (Fsp3) is 0.318. The average Bonchev–Trinajstić information content (AvgIpc) is 3.12. The number of hydrogen-bond donors (Lipinski definition) is 1. The lowest BCUT2D eigenvalue weighted by atomic mass is 9.83. The number of esters is 1. The van der Waals surface area contributed by atoms with E-state index < -0.39 is 22.9 Å². The maximum atomic E-state index is 13.0. The van der Waals surface area contributed by atoms with Crippen LogP contribution in [0, 0.1) is 16.0 Å². The summed E-state index contributed by atoms with van der Waals surface area (Å²) in [7, 11) is 0. The SMILES string of the molecule is C[C@@H](O)[C@H]1C(=O)N2C(C(=O)OCc3ccc([N+](=O)[O-])cc3)=C(SCSc3ccncc3)C[C@H]12. The predicted molar refractivity (Wildman–Crippen MR) is 123 cm³/mol. The van der Waals surface area contributed by atoms with E-state index in [0.717, 1.165) is 9.80 Å². The first-order chi connectivity index (χ1) is 15.9. The molecule has 172 valence electrons. The molecule has 2 aromatic rings. The number of rotatable bonds is 9. The number of nitro benzene ring substituents is 1. The van der Waals surface area contributed by atoms with Crippen molar-refractivity contribution in [3.63, 3.8) is 0 Å². The van der Waals surface area contributed by atoms with E-state index in [1.165, 1.54) is 40.9 Å². The predicted octanol–water partition coefficient (Wildman–Crippen LogP) is 3.34. The summed E-state index contributed by atoms with van der Waals surface area (Å²) in [5.41, 5.74) is 0.777. The zero-order valence-corrected chi connectivity index (χ0v) is 19.3. The van der Waals surface area contributed by atoms with E-state index >= 15 is 0 Å². The molecule has 9 nitrogen and oxygen atoms in total. The van der Waals surface area contributed by atoms with E-state index in [2.05, 4.69) is 4.98 Å². The van der Waals surface area contributed by atoms with Gasteiger partial charge in [-0.1, -0.05) is 0 Å². The van der Waals surface area contributed by atoms with Gasteiger partial charge in [-0.25, -0.2) is 4.79 Å². The Kier molecular flexibility index (Phi) is 7.01. The molecule has 0 unspecified atom stereocenters. The second-order valence-electron chi connectivity index (χ2n) is 7.61. The highest BCUT2D eigenvalue weighted by Gasteiger charge is 2.57. The maximum absolute atomic E-state index is 13.0. The minimum absolute atomic E-state index is 0.0489. The minimum atomic E-state index is -0.799. The molecule has 1 aromatic heterocycles. The van der Waals surface area contributed by atoms with Gasteiger partial charge in [-0.3, -0.25) is 19.9 Å². The van der Waals surface area contributed by atoms with Crippen molar-refractivity contribution in [2.75, 3.05) is 5.08 Å². The van der Waals surface area contributed by atoms with Gasteiger partial charge < -0.3 is 14.7 Å². The van der Waals surface area contributed by atoms with Crippen molar-refractivity contribution in [1.29, 1.82) is 0 Å². The number of hydrogen-bond acceptors (Lipinski definition) is 9. The smallest absolute Gasteiger partial charge is 0.356 e. The van der Waals surface area contributed by atoms with Crippen LogP contribution in [-0.2, 0) is 20.9 Å². The second kappa shape index (κ2) is 9.94. The Morgan fingerprint density at radius 1 is 1.27 bits per heavy atom. The first kappa shape index (κ1) is 23.3. The molecule has 1 fully saturated rings. The number of non-ortho nitro benzene ring substituents is 1. The van der Waals surface area contributed by atoms with Gasteiger partial charge in [-0.15, -0.1) is 23.5 Å². The van der Waals surface area contributed by atoms with Gasteiger partial charge >= 0.3 is 5.97 Å². The molecule has 33 heavy (non-hydrogen) atoms. The number of aromatic nitrogens is 1. The fourth-order valence-electron chi connectivity index (χ4n) is 3.88. The van der Waals surface area contributed by atoms with Crippen LogP contribution in [0.2, 0.25) is 0 Å². The topological polar surface area (TPSA) is 123 Å². The third-order valence-electron chi connectivity index (χ3n) is 5.51. The van der Waals surface area contributed by atoms with Gasteiger partial charge in [-0.05, 0) is 36.8 Å². The fourth-order valence-corrected chi connectivity index (χ4v) is 6.15. The number of nitrogens with zero attached hydrogens (tertiary/aromatic N) is 3. The van der Waals surface area contributed by atoms with E-state index in [0.29, 0.717) is 17.1 Å². The van der Waals surface area contributed by atoms with Gasteiger partial charge in [0.25, 0.3) is 5.69 Å². The van der Waals surface area contributed by atoms with E-state index in [1.807, 2.05) is 12.1 Å². The highest BCUT2D eigenvalue weighted by atomic mass is 32.2.